The SMILES string of the molecule is NC(=O)c1ccccc1NC(=O)c1ccccc1N(Cc1ccccc1)S(=O)(=O)c1ccccc1. The van der Waals surface area contributed by atoms with Gasteiger partial charge in [0, 0.05) is 0 Å². The van der Waals surface area contributed by atoms with Crippen molar-refractivity contribution in [1.82, 2.24) is 0 Å². The van der Waals surface area contributed by atoms with Gasteiger partial charge in [-0.25, -0.2) is 8.42 Å². The number of nitrogens with zero attached hydrogens (tertiary/aromatic N) is 1. The zero-order chi connectivity index (χ0) is 24.8. The van der Waals surface area contributed by atoms with Crippen LogP contribution in [0.15, 0.2) is 114 Å². The van der Waals surface area contributed by atoms with Crippen molar-refractivity contribution in [1.29, 1.82) is 0 Å². The zero-order valence-corrected chi connectivity index (χ0v) is 19.5. The standard InChI is InChI=1S/C27H23N3O4S/c28-26(31)22-15-7-9-17-24(22)29-27(32)23-16-8-10-18-25(23)30(19-20-11-3-1-4-12-20)35(33,34)21-13-5-2-6-14-21/h1-18H,19H2,(H2,28,31)(H,29,32). The molecule has 0 aliphatic rings. The van der Waals surface area contributed by atoms with E-state index in [1.165, 1.54) is 28.6 Å². The number of rotatable bonds is 8. The Kier molecular flexibility index (Phi) is 6.93. The summed E-state index contributed by atoms with van der Waals surface area (Å²) in [6.45, 7) is 0.0141. The number of amides is 2. The number of hydrogen-bond acceptors (Lipinski definition) is 4. The maximum Gasteiger partial charge on any atom is 0.264 e. The predicted octanol–water partition coefficient (Wildman–Crippen LogP) is 4.43. The van der Waals surface area contributed by atoms with Crippen molar-refractivity contribution in [2.75, 3.05) is 9.62 Å². The van der Waals surface area contributed by atoms with E-state index in [-0.39, 0.29) is 33.9 Å². The Labute approximate surface area is 203 Å². The van der Waals surface area contributed by atoms with Crippen molar-refractivity contribution < 1.29 is 18.0 Å². The monoisotopic (exact) mass is 485 g/mol. The molecule has 0 aromatic heterocycles. The molecule has 0 saturated heterocycles. The van der Waals surface area contributed by atoms with E-state index in [4.69, 9.17) is 5.73 Å². The number of anilines is 2. The molecule has 0 bridgehead atoms. The van der Waals surface area contributed by atoms with Gasteiger partial charge < -0.3 is 11.1 Å². The van der Waals surface area contributed by atoms with E-state index in [2.05, 4.69) is 5.32 Å². The van der Waals surface area contributed by atoms with Crippen LogP contribution in [0.1, 0.15) is 26.3 Å². The van der Waals surface area contributed by atoms with Gasteiger partial charge in [-0.15, -0.1) is 0 Å². The first-order chi connectivity index (χ1) is 16.9. The number of nitrogens with two attached hydrogens (primary N) is 1. The highest BCUT2D eigenvalue weighted by Crippen LogP contribution is 2.30. The van der Waals surface area contributed by atoms with Crippen molar-refractivity contribution in [2.24, 2.45) is 5.73 Å². The van der Waals surface area contributed by atoms with Crippen molar-refractivity contribution in [3.63, 3.8) is 0 Å². The van der Waals surface area contributed by atoms with Crippen LogP contribution >= 0.6 is 0 Å². The van der Waals surface area contributed by atoms with Crippen LogP contribution in [0.5, 0.6) is 0 Å². The van der Waals surface area contributed by atoms with Crippen LogP contribution in [0.3, 0.4) is 0 Å². The zero-order valence-electron chi connectivity index (χ0n) is 18.7. The first kappa shape index (κ1) is 23.7. The first-order valence-corrected chi connectivity index (χ1v) is 12.2. The molecule has 176 valence electrons. The smallest absolute Gasteiger partial charge is 0.264 e. The number of carbonyl (C=O) groups is 2. The van der Waals surface area contributed by atoms with E-state index in [1.54, 1.807) is 54.6 Å². The Balaban J connectivity index is 1.79. The lowest BCUT2D eigenvalue weighted by Crippen LogP contribution is -2.32. The molecule has 0 heterocycles. The molecule has 8 heteroatoms. The summed E-state index contributed by atoms with van der Waals surface area (Å²) in [5.41, 5.74) is 6.90. The van der Waals surface area contributed by atoms with Crippen LogP contribution in [-0.4, -0.2) is 20.2 Å². The Morgan fingerprint density at radius 3 is 1.91 bits per heavy atom. The summed E-state index contributed by atoms with van der Waals surface area (Å²) in [6.07, 6.45) is 0. The molecule has 0 aliphatic heterocycles. The molecule has 0 fully saturated rings. The average molecular weight is 486 g/mol. The quantitative estimate of drug-likeness (QED) is 0.385. The first-order valence-electron chi connectivity index (χ1n) is 10.8. The summed E-state index contributed by atoms with van der Waals surface area (Å²) in [6, 6.07) is 30.0. The van der Waals surface area contributed by atoms with Crippen LogP contribution in [-0.2, 0) is 16.6 Å². The van der Waals surface area contributed by atoms with Crippen LogP contribution in [0, 0.1) is 0 Å². The third kappa shape index (κ3) is 5.23. The molecule has 4 aromatic carbocycles. The number of benzene rings is 4. The normalized spacial score (nSPS) is 11.0. The van der Waals surface area contributed by atoms with Crippen LogP contribution < -0.4 is 15.4 Å². The molecule has 0 atom stereocenters. The Morgan fingerprint density at radius 1 is 0.714 bits per heavy atom. The van der Waals surface area contributed by atoms with Gasteiger partial charge in [-0.2, -0.15) is 0 Å². The highest BCUT2D eigenvalue weighted by Gasteiger charge is 2.28. The molecule has 7 nitrogen and oxygen atoms in total. The van der Waals surface area contributed by atoms with Gasteiger partial charge in [-0.1, -0.05) is 72.8 Å². The molecule has 35 heavy (non-hydrogen) atoms. The van der Waals surface area contributed by atoms with Gasteiger partial charge in [0.1, 0.15) is 0 Å². The van der Waals surface area contributed by atoms with Crippen molar-refractivity contribution in [2.45, 2.75) is 11.4 Å². The minimum Gasteiger partial charge on any atom is -0.366 e. The third-order valence-electron chi connectivity index (χ3n) is 5.36. The summed E-state index contributed by atoms with van der Waals surface area (Å²) in [5.74, 6) is -1.26. The van der Waals surface area contributed by atoms with E-state index < -0.39 is 21.8 Å². The van der Waals surface area contributed by atoms with Gasteiger partial charge in [0.2, 0.25) is 0 Å². The summed E-state index contributed by atoms with van der Waals surface area (Å²) >= 11 is 0. The number of sulfonamides is 1. The number of para-hydroxylation sites is 2. The van der Waals surface area contributed by atoms with Crippen LogP contribution in [0.25, 0.3) is 0 Å². The highest BCUT2D eigenvalue weighted by molar-refractivity contribution is 7.92. The lowest BCUT2D eigenvalue weighted by molar-refractivity contribution is 0.100. The third-order valence-corrected chi connectivity index (χ3v) is 7.13. The summed E-state index contributed by atoms with van der Waals surface area (Å²) in [7, 11) is -4.02. The molecule has 4 aromatic rings. The maximum atomic E-state index is 13.7. The molecule has 0 radical (unpaired) electrons. The van der Waals surface area contributed by atoms with E-state index in [0.29, 0.717) is 0 Å². The van der Waals surface area contributed by atoms with Gasteiger partial charge in [0.25, 0.3) is 21.8 Å². The Hall–Kier alpha value is -4.43. The second kappa shape index (κ2) is 10.2. The molecule has 0 aliphatic carbocycles. The lowest BCUT2D eigenvalue weighted by Gasteiger charge is -2.26. The second-order valence-electron chi connectivity index (χ2n) is 7.69. The fraction of sp³-hybridized carbons (Fsp3) is 0.0370. The number of nitrogens with one attached hydrogen (secondary N) is 1. The summed E-state index contributed by atoms with van der Waals surface area (Å²) < 4.78 is 28.7. The maximum absolute atomic E-state index is 13.7. The average Bonchev–Trinajstić information content (AvgIpc) is 2.88. The molecule has 0 spiro atoms. The fourth-order valence-corrected chi connectivity index (χ4v) is 5.14. The van der Waals surface area contributed by atoms with Crippen molar-refractivity contribution in [3.05, 3.63) is 126 Å². The van der Waals surface area contributed by atoms with Gasteiger partial charge in [-0.3, -0.25) is 13.9 Å². The molecular formula is C27H23N3O4S. The summed E-state index contributed by atoms with van der Waals surface area (Å²) in [5, 5.41) is 2.70. The summed E-state index contributed by atoms with van der Waals surface area (Å²) in [4.78, 5) is 25.2. The number of carbonyl (C=O) groups excluding carboxylic acids is 2. The second-order valence-corrected chi connectivity index (χ2v) is 9.55. The van der Waals surface area contributed by atoms with Crippen LogP contribution in [0.4, 0.5) is 11.4 Å². The van der Waals surface area contributed by atoms with Crippen LogP contribution in [0.2, 0.25) is 0 Å². The van der Waals surface area contributed by atoms with Gasteiger partial charge >= 0.3 is 0 Å². The van der Waals surface area contributed by atoms with E-state index in [0.717, 1.165) is 5.56 Å². The van der Waals surface area contributed by atoms with Crippen molar-refractivity contribution >= 4 is 33.2 Å². The Bertz CT molecular complexity index is 1460. The highest BCUT2D eigenvalue weighted by atomic mass is 32.2. The van der Waals surface area contributed by atoms with E-state index >= 15 is 0 Å². The number of hydrogen-bond donors (Lipinski definition) is 2. The van der Waals surface area contributed by atoms with Gasteiger partial charge in [0.05, 0.1) is 33.9 Å². The van der Waals surface area contributed by atoms with Gasteiger partial charge in [-0.05, 0) is 42.0 Å². The van der Waals surface area contributed by atoms with Gasteiger partial charge in [0.15, 0.2) is 0 Å². The molecule has 0 saturated carbocycles. The Morgan fingerprint density at radius 2 is 1.26 bits per heavy atom. The topological polar surface area (TPSA) is 110 Å². The molecular weight excluding hydrogens is 462 g/mol. The molecule has 4 rings (SSSR count). The largest absolute Gasteiger partial charge is 0.366 e. The lowest BCUT2D eigenvalue weighted by atomic mass is 10.1. The van der Waals surface area contributed by atoms with E-state index in [9.17, 15) is 18.0 Å². The minimum atomic E-state index is -4.02. The number of primary amides is 1. The predicted molar refractivity (Wildman–Crippen MR) is 136 cm³/mol. The fourth-order valence-electron chi connectivity index (χ4n) is 3.65. The van der Waals surface area contributed by atoms with Crippen molar-refractivity contribution in [3.8, 4) is 0 Å². The molecule has 3 N–H and O–H groups in total. The van der Waals surface area contributed by atoms with E-state index in [1.807, 2.05) is 30.3 Å². The molecule has 2 amide bonds. The molecule has 0 unspecified atom stereocenters. The minimum absolute atomic E-state index is 0.0141.